The highest BCUT2D eigenvalue weighted by Gasteiger charge is 2.41. The van der Waals surface area contributed by atoms with Gasteiger partial charge in [-0.3, -0.25) is 0 Å². The highest BCUT2D eigenvalue weighted by Crippen LogP contribution is 2.13. The van der Waals surface area contributed by atoms with Crippen LogP contribution in [0.4, 0.5) is 0 Å². The molecule has 0 amide bonds. The summed E-state index contributed by atoms with van der Waals surface area (Å²) < 4.78 is 13.9. The van der Waals surface area contributed by atoms with Crippen LogP contribution in [0.3, 0.4) is 0 Å². The molecule has 17 heavy (non-hydrogen) atoms. The minimum absolute atomic E-state index is 1.08. The lowest BCUT2D eigenvalue weighted by atomic mass is 10.0. The van der Waals surface area contributed by atoms with Gasteiger partial charge in [0.1, 0.15) is 12.2 Å². The van der Waals surface area contributed by atoms with Crippen LogP contribution < -0.4 is 0 Å². The Morgan fingerprint density at radius 2 is 1.29 bits per heavy atom. The van der Waals surface area contributed by atoms with Gasteiger partial charge >= 0.3 is 11.9 Å². The number of methoxy groups -OCH3 is 3. The van der Waals surface area contributed by atoms with Gasteiger partial charge < -0.3 is 29.5 Å². The summed E-state index contributed by atoms with van der Waals surface area (Å²) >= 11 is 0. The van der Waals surface area contributed by atoms with Crippen LogP contribution in [0.1, 0.15) is 0 Å². The maximum absolute atomic E-state index is 10.8. The van der Waals surface area contributed by atoms with E-state index in [1.54, 1.807) is 0 Å². The van der Waals surface area contributed by atoms with Crippen LogP contribution in [0.15, 0.2) is 0 Å². The standard InChI is InChI=1S/C9H16O8/c1-15-5(7(17-3)9(13)14)4(10)6(16-2)8(11)12/h4-7,10H,1-3H3,(H,11,12)(H,13,14)/t4-,5+,6+,7-/m1/s1. The van der Waals surface area contributed by atoms with E-state index in [-0.39, 0.29) is 0 Å². The second kappa shape index (κ2) is 7.17. The molecular weight excluding hydrogens is 236 g/mol. The molecule has 0 bridgehead atoms. The monoisotopic (exact) mass is 252 g/mol. The van der Waals surface area contributed by atoms with E-state index in [4.69, 9.17) is 14.9 Å². The Morgan fingerprint density at radius 1 is 0.882 bits per heavy atom. The van der Waals surface area contributed by atoms with Crippen LogP contribution in [0.25, 0.3) is 0 Å². The zero-order valence-corrected chi connectivity index (χ0v) is 9.69. The number of ether oxygens (including phenoxy) is 3. The SMILES string of the molecule is CO[C@@H]([C@@H](O)[C@H](OC)C(=O)O)[C@@H](OC)C(=O)O. The van der Waals surface area contributed by atoms with E-state index in [9.17, 15) is 14.7 Å². The van der Waals surface area contributed by atoms with E-state index >= 15 is 0 Å². The highest BCUT2D eigenvalue weighted by atomic mass is 16.6. The van der Waals surface area contributed by atoms with Gasteiger partial charge in [-0.05, 0) is 0 Å². The molecule has 0 heterocycles. The summed E-state index contributed by atoms with van der Waals surface area (Å²) in [6.45, 7) is 0. The molecule has 0 aromatic carbocycles. The lowest BCUT2D eigenvalue weighted by molar-refractivity contribution is -0.182. The molecule has 0 spiro atoms. The molecule has 0 saturated carbocycles. The van der Waals surface area contributed by atoms with Crippen LogP contribution in [-0.4, -0.2) is 73.0 Å². The predicted molar refractivity (Wildman–Crippen MR) is 53.7 cm³/mol. The molecule has 0 aromatic rings. The van der Waals surface area contributed by atoms with Crippen molar-refractivity contribution < 1.29 is 39.1 Å². The minimum Gasteiger partial charge on any atom is -0.479 e. The van der Waals surface area contributed by atoms with E-state index in [0.29, 0.717) is 0 Å². The number of carboxylic acids is 2. The number of aliphatic hydroxyl groups excluding tert-OH is 1. The zero-order valence-electron chi connectivity index (χ0n) is 9.69. The summed E-state index contributed by atoms with van der Waals surface area (Å²) in [4.78, 5) is 21.6. The van der Waals surface area contributed by atoms with E-state index < -0.39 is 36.4 Å². The molecule has 0 aliphatic heterocycles. The molecule has 3 N–H and O–H groups in total. The first-order valence-electron chi connectivity index (χ1n) is 4.62. The third-order valence-electron chi connectivity index (χ3n) is 2.21. The third-order valence-corrected chi connectivity index (χ3v) is 2.21. The van der Waals surface area contributed by atoms with Crippen molar-refractivity contribution in [3.63, 3.8) is 0 Å². The van der Waals surface area contributed by atoms with Crippen LogP contribution in [0.2, 0.25) is 0 Å². The van der Waals surface area contributed by atoms with Crippen molar-refractivity contribution in [2.75, 3.05) is 21.3 Å². The lowest BCUT2D eigenvalue weighted by Gasteiger charge is -2.28. The van der Waals surface area contributed by atoms with Gasteiger partial charge in [-0.2, -0.15) is 0 Å². The quantitative estimate of drug-likeness (QED) is 0.480. The number of hydrogen-bond donors (Lipinski definition) is 3. The molecule has 0 radical (unpaired) electrons. The van der Waals surface area contributed by atoms with Crippen LogP contribution in [0, 0.1) is 0 Å². The second-order valence-corrected chi connectivity index (χ2v) is 3.18. The molecule has 0 aliphatic carbocycles. The van der Waals surface area contributed by atoms with Gasteiger partial charge in [0.15, 0.2) is 12.2 Å². The summed E-state index contributed by atoms with van der Waals surface area (Å²) in [5.41, 5.74) is 0. The Kier molecular flexibility index (Phi) is 6.66. The maximum Gasteiger partial charge on any atom is 0.335 e. The van der Waals surface area contributed by atoms with E-state index in [0.717, 1.165) is 21.3 Å². The molecule has 100 valence electrons. The predicted octanol–water partition coefficient (Wildman–Crippen LogP) is -1.44. The Bertz CT molecular complexity index is 266. The molecule has 8 nitrogen and oxygen atoms in total. The molecule has 0 saturated heterocycles. The zero-order chi connectivity index (χ0) is 13.6. The fourth-order valence-corrected chi connectivity index (χ4v) is 1.38. The van der Waals surface area contributed by atoms with E-state index in [2.05, 4.69) is 9.47 Å². The van der Waals surface area contributed by atoms with Gasteiger partial charge in [0.2, 0.25) is 0 Å². The molecule has 0 aromatic heterocycles. The molecular formula is C9H16O8. The second-order valence-electron chi connectivity index (χ2n) is 3.18. The Hall–Kier alpha value is -1.22. The fraction of sp³-hybridized carbons (Fsp3) is 0.778. The van der Waals surface area contributed by atoms with Crippen LogP contribution in [0.5, 0.6) is 0 Å². The first-order valence-corrected chi connectivity index (χ1v) is 4.62. The summed E-state index contributed by atoms with van der Waals surface area (Å²) in [5, 5.41) is 27.3. The molecule has 8 heteroatoms. The smallest absolute Gasteiger partial charge is 0.335 e. The van der Waals surface area contributed by atoms with E-state index in [1.807, 2.05) is 0 Å². The third kappa shape index (κ3) is 3.93. The molecule has 0 aliphatic rings. The van der Waals surface area contributed by atoms with Gasteiger partial charge in [0.05, 0.1) is 0 Å². The van der Waals surface area contributed by atoms with Crippen molar-refractivity contribution in [2.24, 2.45) is 0 Å². The maximum atomic E-state index is 10.8. The first-order chi connectivity index (χ1) is 7.90. The summed E-state index contributed by atoms with van der Waals surface area (Å²) in [6, 6.07) is 0. The molecule has 0 unspecified atom stereocenters. The van der Waals surface area contributed by atoms with Crippen molar-refractivity contribution in [2.45, 2.75) is 24.4 Å². The first kappa shape index (κ1) is 15.8. The average molecular weight is 252 g/mol. The number of hydrogen-bond acceptors (Lipinski definition) is 6. The summed E-state index contributed by atoms with van der Waals surface area (Å²) in [6.07, 6.45) is -6.13. The Balaban J connectivity index is 4.96. The normalized spacial score (nSPS) is 18.1. The van der Waals surface area contributed by atoms with Crippen LogP contribution in [-0.2, 0) is 23.8 Å². The number of aliphatic hydroxyl groups is 1. The number of carboxylic acid groups (broad SMARTS) is 2. The van der Waals surface area contributed by atoms with Crippen molar-refractivity contribution >= 4 is 11.9 Å². The van der Waals surface area contributed by atoms with Crippen molar-refractivity contribution in [3.05, 3.63) is 0 Å². The van der Waals surface area contributed by atoms with Gasteiger partial charge in [0, 0.05) is 21.3 Å². The largest absolute Gasteiger partial charge is 0.479 e. The number of carbonyl (C=O) groups is 2. The van der Waals surface area contributed by atoms with Crippen molar-refractivity contribution in [1.82, 2.24) is 0 Å². The van der Waals surface area contributed by atoms with Crippen molar-refractivity contribution in [3.8, 4) is 0 Å². The van der Waals surface area contributed by atoms with Gasteiger partial charge in [-0.1, -0.05) is 0 Å². The summed E-state index contributed by atoms with van der Waals surface area (Å²) in [7, 11) is 3.33. The van der Waals surface area contributed by atoms with Crippen LogP contribution >= 0.6 is 0 Å². The van der Waals surface area contributed by atoms with Gasteiger partial charge in [0.25, 0.3) is 0 Å². The fourth-order valence-electron chi connectivity index (χ4n) is 1.38. The summed E-state index contributed by atoms with van der Waals surface area (Å²) in [5.74, 6) is -2.80. The van der Waals surface area contributed by atoms with E-state index in [1.165, 1.54) is 0 Å². The highest BCUT2D eigenvalue weighted by molar-refractivity contribution is 5.75. The van der Waals surface area contributed by atoms with Gasteiger partial charge in [-0.15, -0.1) is 0 Å². The minimum atomic E-state index is -1.68. The Labute approximate surface area is 97.7 Å². The average Bonchev–Trinajstić information content (AvgIpc) is 2.25. The van der Waals surface area contributed by atoms with Gasteiger partial charge in [-0.25, -0.2) is 9.59 Å². The molecule has 4 atom stereocenters. The number of rotatable bonds is 8. The van der Waals surface area contributed by atoms with Crippen molar-refractivity contribution in [1.29, 1.82) is 0 Å². The number of aliphatic carboxylic acids is 2. The lowest BCUT2D eigenvalue weighted by Crippen LogP contribution is -2.52. The molecule has 0 rings (SSSR count). The topological polar surface area (TPSA) is 123 Å². The Morgan fingerprint density at radius 3 is 1.53 bits per heavy atom. The molecule has 0 fully saturated rings.